The molecule has 0 bridgehead atoms. The summed E-state index contributed by atoms with van der Waals surface area (Å²) in [5.74, 6) is -1.07. The lowest BCUT2D eigenvalue weighted by atomic mass is 9.91. The summed E-state index contributed by atoms with van der Waals surface area (Å²) in [5, 5.41) is 11.4. The third-order valence-electron chi connectivity index (χ3n) is 5.11. The van der Waals surface area contributed by atoms with E-state index in [9.17, 15) is 27.5 Å². The van der Waals surface area contributed by atoms with Gasteiger partial charge < -0.3 is 10.4 Å². The maximum absolute atomic E-state index is 15.6. The van der Waals surface area contributed by atoms with Gasteiger partial charge in [-0.15, -0.1) is 0 Å². The number of rotatable bonds is 4. The Labute approximate surface area is 166 Å². The fraction of sp³-hybridized carbons (Fsp3) is 0.368. The quantitative estimate of drug-likeness (QED) is 0.766. The minimum atomic E-state index is -4.25. The van der Waals surface area contributed by atoms with E-state index < -0.39 is 58.1 Å². The van der Waals surface area contributed by atoms with Gasteiger partial charge >= 0.3 is 6.09 Å². The van der Waals surface area contributed by atoms with Gasteiger partial charge in [0.15, 0.2) is 20.9 Å². The van der Waals surface area contributed by atoms with E-state index in [0.717, 1.165) is 12.3 Å². The van der Waals surface area contributed by atoms with Crippen molar-refractivity contribution in [3.63, 3.8) is 0 Å². The number of likely N-dealkylation sites (tertiary alicyclic amines) is 1. The molecule has 1 aromatic carbocycles. The van der Waals surface area contributed by atoms with Crippen LogP contribution in [0.1, 0.15) is 12.0 Å². The fourth-order valence-corrected chi connectivity index (χ4v) is 4.71. The van der Waals surface area contributed by atoms with E-state index in [-0.39, 0.29) is 5.57 Å². The Balaban J connectivity index is 1.97. The van der Waals surface area contributed by atoms with Crippen molar-refractivity contribution in [3.05, 3.63) is 54.1 Å². The molecule has 4 atom stereocenters. The molecule has 0 radical (unpaired) electrons. The molecule has 29 heavy (non-hydrogen) atoms. The molecular formula is C19H20F2N2O5S. The van der Waals surface area contributed by atoms with Crippen molar-refractivity contribution < 1.29 is 31.9 Å². The topological polar surface area (TPSA) is 104 Å². The van der Waals surface area contributed by atoms with Crippen LogP contribution >= 0.6 is 0 Å². The molecule has 0 saturated carbocycles. The second-order valence-electron chi connectivity index (χ2n) is 7.05. The monoisotopic (exact) mass is 426 g/mol. The highest BCUT2D eigenvalue weighted by Gasteiger charge is 2.53. The molecule has 0 spiro atoms. The van der Waals surface area contributed by atoms with Crippen molar-refractivity contribution >= 4 is 27.4 Å². The Morgan fingerprint density at radius 2 is 1.90 bits per heavy atom. The lowest BCUT2D eigenvalue weighted by Gasteiger charge is -2.37. The number of nitrogens with one attached hydrogen (secondary N) is 1. The summed E-state index contributed by atoms with van der Waals surface area (Å²) in [6, 6.07) is 6.79. The first kappa shape index (κ1) is 21.0. The van der Waals surface area contributed by atoms with E-state index in [0.29, 0.717) is 10.5 Å². The van der Waals surface area contributed by atoms with E-state index in [1.165, 1.54) is 12.2 Å². The normalized spacial score (nSPS) is 29.4. The second-order valence-corrected chi connectivity index (χ2v) is 9.27. The van der Waals surface area contributed by atoms with Gasteiger partial charge in [0.05, 0.1) is 6.54 Å². The van der Waals surface area contributed by atoms with E-state index >= 15 is 4.39 Å². The Morgan fingerprint density at radius 1 is 1.24 bits per heavy atom. The molecule has 156 valence electrons. The standard InChI is InChI=1S/C19H20F2N2O5S/c1-29(27,28)19(22-17(24)15-10-13(20)11-23(15)18(25)26)9-5-8-14(16(19)21)12-6-3-2-4-7-12/h2-9,13,15-16H,10-11H2,1H3,(H,22,24)(H,25,26)/t13-,15+,16?,19?/m1/s1. The number of alkyl halides is 2. The summed E-state index contributed by atoms with van der Waals surface area (Å²) >= 11 is 0. The summed E-state index contributed by atoms with van der Waals surface area (Å²) in [6.45, 7) is -0.511. The molecule has 2 unspecified atom stereocenters. The molecule has 3 rings (SSSR count). The average molecular weight is 426 g/mol. The van der Waals surface area contributed by atoms with Gasteiger partial charge in [-0.2, -0.15) is 0 Å². The summed E-state index contributed by atoms with van der Waals surface area (Å²) in [7, 11) is -4.25. The van der Waals surface area contributed by atoms with Gasteiger partial charge in [-0.3, -0.25) is 9.69 Å². The maximum Gasteiger partial charge on any atom is 0.408 e. The molecule has 2 N–H and O–H groups in total. The third kappa shape index (κ3) is 3.76. The second kappa shape index (κ2) is 7.58. The van der Waals surface area contributed by atoms with Crippen molar-refractivity contribution in [2.24, 2.45) is 0 Å². The number of carboxylic acid groups (broad SMARTS) is 1. The van der Waals surface area contributed by atoms with Crippen LogP contribution in [0.5, 0.6) is 0 Å². The number of carbonyl (C=O) groups excluding carboxylic acids is 1. The first-order valence-corrected chi connectivity index (χ1v) is 10.7. The molecule has 2 amide bonds. The molecule has 1 aromatic rings. The lowest BCUT2D eigenvalue weighted by molar-refractivity contribution is -0.126. The first-order valence-electron chi connectivity index (χ1n) is 8.81. The Kier molecular flexibility index (Phi) is 5.48. The van der Waals surface area contributed by atoms with Crippen molar-refractivity contribution in [1.82, 2.24) is 10.2 Å². The summed E-state index contributed by atoms with van der Waals surface area (Å²) in [4.78, 5) is 22.2. The fourth-order valence-electron chi connectivity index (χ4n) is 3.60. The molecule has 1 saturated heterocycles. The molecular weight excluding hydrogens is 406 g/mol. The Hall–Kier alpha value is -2.75. The Bertz CT molecular complexity index is 980. The van der Waals surface area contributed by atoms with Gasteiger partial charge in [0.1, 0.15) is 12.2 Å². The molecule has 10 heteroatoms. The van der Waals surface area contributed by atoms with Gasteiger partial charge in [-0.1, -0.05) is 42.5 Å². The summed E-state index contributed by atoms with van der Waals surface area (Å²) < 4.78 is 54.5. The van der Waals surface area contributed by atoms with Crippen molar-refractivity contribution in [1.29, 1.82) is 0 Å². The molecule has 2 aliphatic rings. The minimum absolute atomic E-state index is 0.0451. The van der Waals surface area contributed by atoms with Crippen LogP contribution in [0.15, 0.2) is 48.6 Å². The average Bonchev–Trinajstić information content (AvgIpc) is 3.05. The van der Waals surface area contributed by atoms with E-state index in [1.807, 2.05) is 0 Å². The first-order chi connectivity index (χ1) is 13.6. The maximum atomic E-state index is 15.6. The highest BCUT2D eigenvalue weighted by molar-refractivity contribution is 7.92. The molecule has 1 fully saturated rings. The van der Waals surface area contributed by atoms with Crippen LogP contribution in [-0.2, 0) is 14.6 Å². The SMILES string of the molecule is CS(=O)(=O)C1(NC(=O)[C@@H]2C[C@@H](F)CN2C(=O)O)C=CC=C(c2ccccc2)C1F. The lowest BCUT2D eigenvalue weighted by Crippen LogP contribution is -2.62. The highest BCUT2D eigenvalue weighted by atomic mass is 32.2. The van der Waals surface area contributed by atoms with E-state index in [4.69, 9.17) is 0 Å². The number of amides is 2. The summed E-state index contributed by atoms with van der Waals surface area (Å²) in [5.41, 5.74) is 0.479. The number of sulfone groups is 1. The van der Waals surface area contributed by atoms with E-state index in [1.54, 1.807) is 30.3 Å². The van der Waals surface area contributed by atoms with Gasteiger partial charge in [-0.05, 0) is 17.2 Å². The van der Waals surface area contributed by atoms with Crippen molar-refractivity contribution in [3.8, 4) is 0 Å². The van der Waals surface area contributed by atoms with Crippen LogP contribution in [0.2, 0.25) is 0 Å². The van der Waals surface area contributed by atoms with Crippen molar-refractivity contribution in [2.45, 2.75) is 29.7 Å². The number of allylic oxidation sites excluding steroid dienone is 2. The predicted octanol–water partition coefficient (Wildman–Crippen LogP) is 1.93. The zero-order chi connectivity index (χ0) is 21.4. The van der Waals surface area contributed by atoms with Crippen LogP contribution in [-0.4, -0.2) is 66.5 Å². The van der Waals surface area contributed by atoms with Crippen LogP contribution < -0.4 is 5.32 Å². The third-order valence-corrected chi connectivity index (χ3v) is 6.78. The van der Waals surface area contributed by atoms with Gasteiger partial charge in [0.2, 0.25) is 5.91 Å². The molecule has 1 aliphatic carbocycles. The largest absolute Gasteiger partial charge is 0.465 e. The highest BCUT2D eigenvalue weighted by Crippen LogP contribution is 2.37. The van der Waals surface area contributed by atoms with E-state index in [2.05, 4.69) is 5.32 Å². The number of hydrogen-bond donors (Lipinski definition) is 2. The van der Waals surface area contributed by atoms with Crippen LogP contribution in [0.4, 0.5) is 13.6 Å². The van der Waals surface area contributed by atoms with Crippen LogP contribution in [0.3, 0.4) is 0 Å². The number of nitrogens with zero attached hydrogens (tertiary/aromatic N) is 1. The van der Waals surface area contributed by atoms with Crippen LogP contribution in [0.25, 0.3) is 5.57 Å². The summed E-state index contributed by atoms with van der Waals surface area (Å²) in [6.07, 6.45) is -1.15. The van der Waals surface area contributed by atoms with Gasteiger partial charge in [0, 0.05) is 12.7 Å². The predicted molar refractivity (Wildman–Crippen MR) is 102 cm³/mol. The number of benzene rings is 1. The molecule has 1 aliphatic heterocycles. The zero-order valence-corrected chi connectivity index (χ0v) is 16.3. The number of hydrogen-bond acceptors (Lipinski definition) is 4. The van der Waals surface area contributed by atoms with Gasteiger partial charge in [0.25, 0.3) is 0 Å². The Morgan fingerprint density at radius 3 is 2.48 bits per heavy atom. The van der Waals surface area contributed by atoms with Gasteiger partial charge in [-0.25, -0.2) is 22.0 Å². The smallest absolute Gasteiger partial charge is 0.408 e. The van der Waals surface area contributed by atoms with Crippen molar-refractivity contribution in [2.75, 3.05) is 12.8 Å². The number of halogens is 2. The minimum Gasteiger partial charge on any atom is -0.465 e. The van der Waals surface area contributed by atoms with Crippen LogP contribution in [0, 0.1) is 0 Å². The molecule has 7 nitrogen and oxygen atoms in total. The molecule has 0 aromatic heterocycles. The zero-order valence-electron chi connectivity index (χ0n) is 15.5. The number of carbonyl (C=O) groups is 2. The molecule has 1 heterocycles.